The molecular formula is C26H28N6O5. The third-order valence-corrected chi connectivity index (χ3v) is 6.08. The number of nitrogens with two attached hydrogens (primary N) is 1. The van der Waals surface area contributed by atoms with Gasteiger partial charge in [0.05, 0.1) is 6.54 Å². The number of hydrogen-bond donors (Lipinski definition) is 7. The van der Waals surface area contributed by atoms with Crippen molar-refractivity contribution in [2.24, 2.45) is 5.73 Å². The zero-order valence-electron chi connectivity index (χ0n) is 19.9. The van der Waals surface area contributed by atoms with Crippen LogP contribution >= 0.6 is 0 Å². The molecular weight excluding hydrogens is 476 g/mol. The number of fused-ring (bicyclic) bond motifs is 2. The highest BCUT2D eigenvalue weighted by Gasteiger charge is 2.28. The molecule has 0 radical (unpaired) electrons. The van der Waals surface area contributed by atoms with Gasteiger partial charge in [0, 0.05) is 47.0 Å². The second kappa shape index (κ2) is 11.4. The predicted molar refractivity (Wildman–Crippen MR) is 138 cm³/mol. The van der Waals surface area contributed by atoms with Gasteiger partial charge < -0.3 is 36.8 Å². The molecule has 2 unspecified atom stereocenters. The number of nitrogens with one attached hydrogen (secondary N) is 5. The molecule has 0 bridgehead atoms. The van der Waals surface area contributed by atoms with Gasteiger partial charge in [-0.15, -0.1) is 0 Å². The first-order chi connectivity index (χ1) is 17.9. The van der Waals surface area contributed by atoms with Gasteiger partial charge >= 0.3 is 5.97 Å². The van der Waals surface area contributed by atoms with E-state index in [1.54, 1.807) is 12.4 Å². The van der Waals surface area contributed by atoms with Gasteiger partial charge in [-0.25, -0.2) is 0 Å². The Morgan fingerprint density at radius 2 is 1.30 bits per heavy atom. The Balaban J connectivity index is 1.58. The Labute approximate surface area is 211 Å². The first-order valence-electron chi connectivity index (χ1n) is 11.7. The molecule has 0 aliphatic heterocycles. The van der Waals surface area contributed by atoms with Crippen LogP contribution in [-0.2, 0) is 32.0 Å². The maximum atomic E-state index is 13.4. The number of carbonyl (C=O) groups excluding carboxylic acids is 3. The maximum absolute atomic E-state index is 13.4. The van der Waals surface area contributed by atoms with Gasteiger partial charge in [0.2, 0.25) is 17.7 Å². The number of carboxylic acids is 1. The first kappa shape index (κ1) is 25.5. The van der Waals surface area contributed by atoms with Crippen LogP contribution in [0.1, 0.15) is 11.1 Å². The van der Waals surface area contributed by atoms with Gasteiger partial charge in [0.1, 0.15) is 18.6 Å². The summed E-state index contributed by atoms with van der Waals surface area (Å²) in [7, 11) is 0. The second-order valence-corrected chi connectivity index (χ2v) is 8.62. The number of aromatic nitrogens is 2. The minimum Gasteiger partial charge on any atom is -0.480 e. The van der Waals surface area contributed by atoms with E-state index < -0.39 is 42.3 Å². The molecule has 11 nitrogen and oxygen atoms in total. The number of carbonyl (C=O) groups is 4. The van der Waals surface area contributed by atoms with Crippen molar-refractivity contribution in [3.63, 3.8) is 0 Å². The van der Waals surface area contributed by atoms with Crippen LogP contribution in [0.5, 0.6) is 0 Å². The number of benzene rings is 2. The third-order valence-electron chi connectivity index (χ3n) is 6.08. The highest BCUT2D eigenvalue weighted by atomic mass is 16.4. The largest absolute Gasteiger partial charge is 0.480 e. The molecule has 2 heterocycles. The van der Waals surface area contributed by atoms with Gasteiger partial charge in [-0.05, 0) is 23.3 Å². The topological polar surface area (TPSA) is 182 Å². The van der Waals surface area contributed by atoms with Crippen molar-refractivity contribution >= 4 is 45.5 Å². The summed E-state index contributed by atoms with van der Waals surface area (Å²) in [6.07, 6.45) is 3.76. The molecule has 0 spiro atoms. The summed E-state index contributed by atoms with van der Waals surface area (Å²) in [4.78, 5) is 55.8. The molecule has 192 valence electrons. The van der Waals surface area contributed by atoms with Crippen LogP contribution < -0.4 is 21.7 Å². The molecule has 0 aliphatic carbocycles. The quantitative estimate of drug-likeness (QED) is 0.157. The Kier molecular flexibility index (Phi) is 7.84. The number of rotatable bonds is 11. The zero-order valence-corrected chi connectivity index (χ0v) is 19.9. The van der Waals surface area contributed by atoms with E-state index in [1.165, 1.54) is 0 Å². The molecule has 0 saturated carbocycles. The van der Waals surface area contributed by atoms with Crippen LogP contribution in [0.2, 0.25) is 0 Å². The predicted octanol–water partition coefficient (Wildman–Crippen LogP) is 0.564. The van der Waals surface area contributed by atoms with E-state index in [-0.39, 0.29) is 19.4 Å². The number of amides is 3. The second-order valence-electron chi connectivity index (χ2n) is 8.62. The number of aromatic amines is 2. The number of aliphatic carboxylic acids is 1. The Morgan fingerprint density at radius 1 is 0.784 bits per heavy atom. The van der Waals surface area contributed by atoms with Gasteiger partial charge in [-0.1, -0.05) is 36.4 Å². The molecule has 0 aliphatic rings. The van der Waals surface area contributed by atoms with Crippen molar-refractivity contribution in [2.45, 2.75) is 24.9 Å². The first-order valence-corrected chi connectivity index (χ1v) is 11.7. The highest BCUT2D eigenvalue weighted by Crippen LogP contribution is 2.21. The Morgan fingerprint density at radius 3 is 1.81 bits per heavy atom. The molecule has 0 saturated heterocycles. The highest BCUT2D eigenvalue weighted by molar-refractivity contribution is 5.94. The van der Waals surface area contributed by atoms with Crippen molar-refractivity contribution in [1.82, 2.24) is 25.9 Å². The molecule has 4 rings (SSSR count). The Hall–Kier alpha value is -4.64. The fraction of sp³-hybridized carbons (Fsp3) is 0.231. The van der Waals surface area contributed by atoms with Gasteiger partial charge in [-0.3, -0.25) is 19.2 Å². The van der Waals surface area contributed by atoms with E-state index in [0.717, 1.165) is 32.9 Å². The number of para-hydroxylation sites is 2. The monoisotopic (exact) mass is 504 g/mol. The van der Waals surface area contributed by atoms with Crippen molar-refractivity contribution in [3.8, 4) is 0 Å². The van der Waals surface area contributed by atoms with Crippen LogP contribution in [-0.4, -0.2) is 63.9 Å². The summed E-state index contributed by atoms with van der Waals surface area (Å²) >= 11 is 0. The number of H-pyrrole nitrogens is 2. The van der Waals surface area contributed by atoms with E-state index in [2.05, 4.69) is 25.9 Å². The third kappa shape index (κ3) is 6.14. The molecule has 37 heavy (non-hydrogen) atoms. The summed E-state index contributed by atoms with van der Waals surface area (Å²) in [5.41, 5.74) is 8.79. The van der Waals surface area contributed by atoms with E-state index in [4.69, 9.17) is 10.8 Å². The summed E-state index contributed by atoms with van der Waals surface area (Å²) in [6.45, 7) is -0.905. The van der Waals surface area contributed by atoms with E-state index in [0.29, 0.717) is 0 Å². The van der Waals surface area contributed by atoms with Crippen LogP contribution in [0.15, 0.2) is 60.9 Å². The van der Waals surface area contributed by atoms with Gasteiger partial charge in [0.25, 0.3) is 0 Å². The SMILES string of the molecule is NCC(=O)NC(Cc1c[nH]c2ccccc12)C(=O)NC(Cc1c[nH]c2ccccc12)C(=O)NCC(=O)O. The van der Waals surface area contributed by atoms with Crippen molar-refractivity contribution in [2.75, 3.05) is 13.1 Å². The standard InChI is InChI=1S/C26H28N6O5/c27-11-23(33)31-22(10-16-13-29-20-8-4-2-6-18(16)20)26(37)32-21(25(36)30-14-24(34)35)9-15-12-28-19-7-3-1-5-17(15)19/h1-8,12-13,21-22,28-29H,9-11,14,27H2,(H,30,36)(H,31,33)(H,32,37)(H,34,35). The molecule has 4 aromatic rings. The summed E-state index contributed by atoms with van der Waals surface area (Å²) < 4.78 is 0. The zero-order chi connectivity index (χ0) is 26.4. The van der Waals surface area contributed by atoms with Crippen LogP contribution in [0.3, 0.4) is 0 Å². The molecule has 8 N–H and O–H groups in total. The van der Waals surface area contributed by atoms with Gasteiger partial charge in [0.15, 0.2) is 0 Å². The summed E-state index contributed by atoms with van der Waals surface area (Å²) in [5.74, 6) is -2.99. The fourth-order valence-corrected chi connectivity index (χ4v) is 4.27. The lowest BCUT2D eigenvalue weighted by Gasteiger charge is -2.23. The molecule has 2 aromatic heterocycles. The van der Waals surface area contributed by atoms with Crippen molar-refractivity contribution < 1.29 is 24.3 Å². The smallest absolute Gasteiger partial charge is 0.322 e. The van der Waals surface area contributed by atoms with E-state index >= 15 is 0 Å². The molecule has 11 heteroatoms. The van der Waals surface area contributed by atoms with E-state index in [1.807, 2.05) is 48.5 Å². The fourth-order valence-electron chi connectivity index (χ4n) is 4.27. The number of carboxylic acid groups (broad SMARTS) is 1. The summed E-state index contributed by atoms with van der Waals surface area (Å²) in [6, 6.07) is 12.9. The average Bonchev–Trinajstić information content (AvgIpc) is 3.50. The van der Waals surface area contributed by atoms with Crippen LogP contribution in [0, 0.1) is 0 Å². The Bertz CT molecular complexity index is 1440. The van der Waals surface area contributed by atoms with Crippen LogP contribution in [0.4, 0.5) is 0 Å². The molecule has 2 aromatic carbocycles. The van der Waals surface area contributed by atoms with Crippen molar-refractivity contribution in [3.05, 3.63) is 72.1 Å². The normalized spacial score (nSPS) is 12.7. The number of hydrogen-bond acceptors (Lipinski definition) is 5. The minimum atomic E-state index is -1.21. The lowest BCUT2D eigenvalue weighted by atomic mass is 10.0. The van der Waals surface area contributed by atoms with E-state index in [9.17, 15) is 19.2 Å². The summed E-state index contributed by atoms with van der Waals surface area (Å²) in [5, 5.41) is 18.4. The van der Waals surface area contributed by atoms with Gasteiger partial charge in [-0.2, -0.15) is 0 Å². The lowest BCUT2D eigenvalue weighted by Crippen LogP contribution is -2.56. The minimum absolute atomic E-state index is 0.103. The average molecular weight is 505 g/mol. The van der Waals surface area contributed by atoms with Crippen molar-refractivity contribution in [1.29, 1.82) is 0 Å². The molecule has 0 fully saturated rings. The van der Waals surface area contributed by atoms with Crippen LogP contribution in [0.25, 0.3) is 21.8 Å². The lowest BCUT2D eigenvalue weighted by molar-refractivity contribution is -0.138. The maximum Gasteiger partial charge on any atom is 0.322 e. The molecule has 2 atom stereocenters. The molecule has 3 amide bonds.